The summed E-state index contributed by atoms with van der Waals surface area (Å²) in [6.45, 7) is 1.73. The fraction of sp³-hybridized carbons (Fsp3) is 0.200. The molecule has 1 amide bonds. The van der Waals surface area contributed by atoms with Crippen molar-refractivity contribution < 1.29 is 17.7 Å². The molecule has 0 bridgehead atoms. The molecule has 0 unspecified atom stereocenters. The molecule has 0 aliphatic carbocycles. The zero-order chi connectivity index (χ0) is 20.1. The highest BCUT2D eigenvalue weighted by atomic mass is 32.2. The highest BCUT2D eigenvalue weighted by molar-refractivity contribution is 7.89. The van der Waals surface area contributed by atoms with Crippen LogP contribution in [0.4, 0.5) is 5.88 Å². The van der Waals surface area contributed by atoms with Gasteiger partial charge in [0.05, 0.1) is 11.4 Å². The molecule has 2 aromatic carbocycles. The number of rotatable bonds is 7. The van der Waals surface area contributed by atoms with Gasteiger partial charge in [-0.2, -0.15) is 4.31 Å². The molecule has 28 heavy (non-hydrogen) atoms. The Kier molecular flexibility index (Phi) is 5.91. The van der Waals surface area contributed by atoms with Gasteiger partial charge in [0.1, 0.15) is 5.69 Å². The monoisotopic (exact) mass is 399 g/mol. The van der Waals surface area contributed by atoms with Crippen molar-refractivity contribution >= 4 is 21.8 Å². The van der Waals surface area contributed by atoms with Crippen molar-refractivity contribution in [3.63, 3.8) is 0 Å². The molecule has 0 saturated heterocycles. The normalized spacial score (nSPS) is 11.5. The van der Waals surface area contributed by atoms with Crippen LogP contribution in [-0.4, -0.2) is 37.4 Å². The van der Waals surface area contributed by atoms with Gasteiger partial charge in [-0.1, -0.05) is 54.5 Å². The van der Waals surface area contributed by atoms with Gasteiger partial charge < -0.3 is 4.52 Å². The molecule has 8 heteroatoms. The molecule has 1 N–H and O–H groups in total. The maximum absolute atomic E-state index is 12.5. The van der Waals surface area contributed by atoms with Crippen molar-refractivity contribution in [1.82, 2.24) is 9.46 Å². The zero-order valence-electron chi connectivity index (χ0n) is 15.6. The standard InChI is InChI=1S/C20H21N3O4S/c1-3-15-9-11-16(12-10-15)18-13-20(27-22-18)21-19(24)14-23(2)28(25,26)17-7-5-4-6-8-17/h4-13H,3,14H2,1-2H3,(H,21,24). The molecule has 0 spiro atoms. The van der Waals surface area contributed by atoms with Crippen LogP contribution in [0.2, 0.25) is 0 Å². The Hall–Kier alpha value is -2.97. The van der Waals surface area contributed by atoms with Crippen LogP contribution in [0.3, 0.4) is 0 Å². The van der Waals surface area contributed by atoms with E-state index in [2.05, 4.69) is 17.4 Å². The van der Waals surface area contributed by atoms with Gasteiger partial charge in [-0.25, -0.2) is 8.42 Å². The molecule has 7 nitrogen and oxygen atoms in total. The third-order valence-electron chi connectivity index (χ3n) is 4.25. The average molecular weight is 399 g/mol. The van der Waals surface area contributed by atoms with E-state index in [4.69, 9.17) is 4.52 Å². The molecule has 0 saturated carbocycles. The molecule has 0 atom stereocenters. The number of likely N-dealkylation sites (N-methyl/N-ethyl adjacent to an activating group) is 1. The topological polar surface area (TPSA) is 92.5 Å². The molecule has 0 aliphatic heterocycles. The number of hydrogen-bond acceptors (Lipinski definition) is 5. The van der Waals surface area contributed by atoms with Crippen molar-refractivity contribution in [2.45, 2.75) is 18.2 Å². The van der Waals surface area contributed by atoms with E-state index in [9.17, 15) is 13.2 Å². The van der Waals surface area contributed by atoms with E-state index < -0.39 is 15.9 Å². The Morgan fingerprint density at radius 2 is 1.79 bits per heavy atom. The van der Waals surface area contributed by atoms with Gasteiger partial charge in [0.15, 0.2) is 0 Å². The number of amides is 1. The van der Waals surface area contributed by atoms with Crippen molar-refractivity contribution in [2.75, 3.05) is 18.9 Å². The summed E-state index contributed by atoms with van der Waals surface area (Å²) >= 11 is 0. The SMILES string of the molecule is CCc1ccc(-c2cc(NC(=O)CN(C)S(=O)(=O)c3ccccc3)on2)cc1. The van der Waals surface area contributed by atoms with E-state index in [0.29, 0.717) is 5.69 Å². The highest BCUT2D eigenvalue weighted by Crippen LogP contribution is 2.22. The molecule has 0 aliphatic rings. The molecule has 1 heterocycles. The van der Waals surface area contributed by atoms with E-state index >= 15 is 0 Å². The van der Waals surface area contributed by atoms with Crippen LogP contribution in [0.25, 0.3) is 11.3 Å². The summed E-state index contributed by atoms with van der Waals surface area (Å²) in [5.74, 6) is -0.365. The Labute approximate surface area is 164 Å². The quantitative estimate of drug-likeness (QED) is 0.659. The van der Waals surface area contributed by atoms with Gasteiger partial charge in [0.25, 0.3) is 0 Å². The number of carbonyl (C=O) groups is 1. The van der Waals surface area contributed by atoms with Crippen LogP contribution in [-0.2, 0) is 21.2 Å². The summed E-state index contributed by atoms with van der Waals surface area (Å²) in [6.07, 6.45) is 0.944. The first kappa shape index (κ1) is 19.8. The molecule has 146 valence electrons. The van der Waals surface area contributed by atoms with Gasteiger partial charge in [-0.05, 0) is 24.1 Å². The predicted molar refractivity (Wildman–Crippen MR) is 106 cm³/mol. The maximum Gasteiger partial charge on any atom is 0.243 e. The number of nitrogens with zero attached hydrogens (tertiary/aromatic N) is 2. The number of nitrogens with one attached hydrogen (secondary N) is 1. The van der Waals surface area contributed by atoms with E-state index in [1.54, 1.807) is 24.3 Å². The van der Waals surface area contributed by atoms with Gasteiger partial charge in [-0.3, -0.25) is 10.1 Å². The lowest BCUT2D eigenvalue weighted by Gasteiger charge is -2.16. The first-order chi connectivity index (χ1) is 13.4. The molecule has 0 fully saturated rings. The van der Waals surface area contributed by atoms with Crippen LogP contribution >= 0.6 is 0 Å². The average Bonchev–Trinajstić information content (AvgIpc) is 3.17. The smallest absolute Gasteiger partial charge is 0.243 e. The fourth-order valence-corrected chi connectivity index (χ4v) is 3.77. The Balaban J connectivity index is 1.64. The number of hydrogen-bond donors (Lipinski definition) is 1. The van der Waals surface area contributed by atoms with Gasteiger partial charge in [-0.15, -0.1) is 0 Å². The number of anilines is 1. The van der Waals surface area contributed by atoms with E-state index in [0.717, 1.165) is 16.3 Å². The maximum atomic E-state index is 12.5. The lowest BCUT2D eigenvalue weighted by atomic mass is 10.1. The fourth-order valence-electron chi connectivity index (χ4n) is 2.62. The van der Waals surface area contributed by atoms with Crippen LogP contribution in [0, 0.1) is 0 Å². The van der Waals surface area contributed by atoms with E-state index in [1.807, 2.05) is 24.3 Å². The number of aryl methyl sites for hydroxylation is 1. The minimum Gasteiger partial charge on any atom is -0.338 e. The van der Waals surface area contributed by atoms with Crippen LogP contribution in [0.1, 0.15) is 12.5 Å². The highest BCUT2D eigenvalue weighted by Gasteiger charge is 2.23. The van der Waals surface area contributed by atoms with Crippen molar-refractivity contribution in [2.24, 2.45) is 0 Å². The third-order valence-corrected chi connectivity index (χ3v) is 6.07. The van der Waals surface area contributed by atoms with Crippen LogP contribution < -0.4 is 5.32 Å². The second-order valence-corrected chi connectivity index (χ2v) is 8.29. The molecular weight excluding hydrogens is 378 g/mol. The number of sulfonamides is 1. The predicted octanol–water partition coefficient (Wildman–Crippen LogP) is 3.16. The lowest BCUT2D eigenvalue weighted by Crippen LogP contribution is -2.34. The number of aromatic nitrogens is 1. The van der Waals surface area contributed by atoms with Crippen molar-refractivity contribution in [1.29, 1.82) is 0 Å². The first-order valence-electron chi connectivity index (χ1n) is 8.77. The number of benzene rings is 2. The zero-order valence-corrected chi connectivity index (χ0v) is 16.4. The van der Waals surface area contributed by atoms with Crippen LogP contribution in [0.5, 0.6) is 0 Å². The second kappa shape index (κ2) is 8.37. The molecule has 3 aromatic rings. The Bertz CT molecular complexity index is 1040. The van der Waals surface area contributed by atoms with Crippen molar-refractivity contribution in [3.8, 4) is 11.3 Å². The molecule has 1 aromatic heterocycles. The Morgan fingerprint density at radius 1 is 1.11 bits per heavy atom. The largest absolute Gasteiger partial charge is 0.338 e. The van der Waals surface area contributed by atoms with Crippen molar-refractivity contribution in [3.05, 3.63) is 66.2 Å². The number of carbonyl (C=O) groups excluding carboxylic acids is 1. The van der Waals surface area contributed by atoms with Gasteiger partial charge in [0, 0.05) is 18.7 Å². The first-order valence-corrected chi connectivity index (χ1v) is 10.2. The molecular formula is C20H21N3O4S. The summed E-state index contributed by atoms with van der Waals surface area (Å²) in [4.78, 5) is 12.4. The molecule has 0 radical (unpaired) electrons. The minimum absolute atomic E-state index is 0.128. The van der Waals surface area contributed by atoms with E-state index in [1.165, 1.54) is 24.7 Å². The summed E-state index contributed by atoms with van der Waals surface area (Å²) in [5, 5.41) is 6.48. The minimum atomic E-state index is -3.74. The van der Waals surface area contributed by atoms with E-state index in [-0.39, 0.29) is 17.3 Å². The summed E-state index contributed by atoms with van der Waals surface area (Å²) < 4.78 is 31.1. The second-order valence-electron chi connectivity index (χ2n) is 6.25. The Morgan fingerprint density at radius 3 is 2.43 bits per heavy atom. The summed E-state index contributed by atoms with van der Waals surface area (Å²) in [5.41, 5.74) is 2.66. The third kappa shape index (κ3) is 4.47. The van der Waals surface area contributed by atoms with Gasteiger partial charge >= 0.3 is 0 Å². The van der Waals surface area contributed by atoms with Crippen LogP contribution in [0.15, 0.2) is 70.1 Å². The summed E-state index contributed by atoms with van der Waals surface area (Å²) in [6, 6.07) is 17.4. The lowest BCUT2D eigenvalue weighted by molar-refractivity contribution is -0.116. The summed E-state index contributed by atoms with van der Waals surface area (Å²) in [7, 11) is -2.39. The molecule has 3 rings (SSSR count). The van der Waals surface area contributed by atoms with Gasteiger partial charge in [0.2, 0.25) is 21.8 Å².